The molecule has 0 saturated heterocycles. The molecule has 2 rings (SSSR count). The van der Waals surface area contributed by atoms with E-state index in [0.717, 1.165) is 12.8 Å². The van der Waals surface area contributed by atoms with E-state index in [1.165, 1.54) is 38.5 Å². The average molecular weight is 290 g/mol. The standard InChI is InChI=1S/C18H26O3/c1-2-3-4-5-6-7-8-11-14-18(20)16-13-10-9-12-15(16)17(19)21-18/h9-10,12-13,20H,2-8,11,14H2,1H3/t18-/m0/s1. The zero-order valence-corrected chi connectivity index (χ0v) is 12.9. The van der Waals surface area contributed by atoms with Crippen molar-refractivity contribution in [3.8, 4) is 0 Å². The molecule has 3 nitrogen and oxygen atoms in total. The lowest BCUT2D eigenvalue weighted by Gasteiger charge is -2.22. The molecule has 0 fully saturated rings. The van der Waals surface area contributed by atoms with Gasteiger partial charge in [-0.1, -0.05) is 70.1 Å². The van der Waals surface area contributed by atoms with E-state index in [1.807, 2.05) is 6.07 Å². The van der Waals surface area contributed by atoms with Crippen molar-refractivity contribution in [2.45, 2.75) is 70.5 Å². The van der Waals surface area contributed by atoms with E-state index in [1.54, 1.807) is 18.2 Å². The second-order valence-electron chi connectivity index (χ2n) is 5.94. The van der Waals surface area contributed by atoms with Gasteiger partial charge in [0, 0.05) is 12.0 Å². The quantitative estimate of drug-likeness (QED) is 0.537. The van der Waals surface area contributed by atoms with Crippen LogP contribution < -0.4 is 0 Å². The second-order valence-corrected chi connectivity index (χ2v) is 5.94. The van der Waals surface area contributed by atoms with Crippen LogP contribution in [0, 0.1) is 0 Å². The Morgan fingerprint density at radius 1 is 1.00 bits per heavy atom. The van der Waals surface area contributed by atoms with Gasteiger partial charge in [0.25, 0.3) is 0 Å². The SMILES string of the molecule is CCCCCCCCCC[C@]1(O)OC(=O)c2ccccc21. The van der Waals surface area contributed by atoms with Gasteiger partial charge in [-0.2, -0.15) is 0 Å². The lowest BCUT2D eigenvalue weighted by Crippen LogP contribution is -2.25. The summed E-state index contributed by atoms with van der Waals surface area (Å²) >= 11 is 0. The van der Waals surface area contributed by atoms with Gasteiger partial charge in [-0.3, -0.25) is 0 Å². The fourth-order valence-corrected chi connectivity index (χ4v) is 2.95. The van der Waals surface area contributed by atoms with Crippen molar-refractivity contribution in [1.82, 2.24) is 0 Å². The molecule has 116 valence electrons. The molecule has 1 aromatic rings. The molecule has 1 aliphatic rings. The largest absolute Gasteiger partial charge is 0.425 e. The molecule has 1 heterocycles. The maximum atomic E-state index is 11.7. The summed E-state index contributed by atoms with van der Waals surface area (Å²) in [5.41, 5.74) is 1.12. The van der Waals surface area contributed by atoms with Crippen molar-refractivity contribution in [1.29, 1.82) is 0 Å². The second kappa shape index (κ2) is 7.60. The van der Waals surface area contributed by atoms with Crippen LogP contribution in [0.1, 0.15) is 80.6 Å². The van der Waals surface area contributed by atoms with Crippen molar-refractivity contribution in [2.75, 3.05) is 0 Å². The molecular weight excluding hydrogens is 264 g/mol. The zero-order valence-electron chi connectivity index (χ0n) is 12.9. The van der Waals surface area contributed by atoms with Gasteiger partial charge in [0.15, 0.2) is 0 Å². The number of hydrogen-bond donors (Lipinski definition) is 1. The Labute approximate surface area is 127 Å². The summed E-state index contributed by atoms with van der Waals surface area (Å²) < 4.78 is 5.20. The predicted octanol–water partition coefficient (Wildman–Crippen LogP) is 4.53. The third-order valence-electron chi connectivity index (χ3n) is 4.20. The van der Waals surface area contributed by atoms with Crippen LogP contribution >= 0.6 is 0 Å². The number of hydrogen-bond acceptors (Lipinski definition) is 3. The molecule has 0 bridgehead atoms. The molecular formula is C18H26O3. The first-order valence-corrected chi connectivity index (χ1v) is 8.22. The van der Waals surface area contributed by atoms with Gasteiger partial charge < -0.3 is 9.84 Å². The minimum Gasteiger partial charge on any atom is -0.425 e. The van der Waals surface area contributed by atoms with Gasteiger partial charge in [0.1, 0.15) is 0 Å². The van der Waals surface area contributed by atoms with Crippen molar-refractivity contribution < 1.29 is 14.6 Å². The maximum Gasteiger partial charge on any atom is 0.341 e. The Bertz CT molecular complexity index is 469. The fraction of sp³-hybridized carbons (Fsp3) is 0.611. The van der Waals surface area contributed by atoms with Crippen LogP contribution in [-0.4, -0.2) is 11.1 Å². The summed E-state index contributed by atoms with van der Waals surface area (Å²) in [6.07, 6.45) is 10.1. The Balaban J connectivity index is 1.73. The number of fused-ring (bicyclic) bond motifs is 1. The van der Waals surface area contributed by atoms with E-state index in [9.17, 15) is 9.90 Å². The molecule has 3 heteroatoms. The first-order valence-electron chi connectivity index (χ1n) is 8.22. The van der Waals surface area contributed by atoms with Crippen molar-refractivity contribution in [3.63, 3.8) is 0 Å². The number of ether oxygens (including phenoxy) is 1. The first kappa shape index (κ1) is 16.0. The van der Waals surface area contributed by atoms with Crippen molar-refractivity contribution >= 4 is 5.97 Å². The highest BCUT2D eigenvalue weighted by Crippen LogP contribution is 2.38. The number of esters is 1. The maximum absolute atomic E-state index is 11.7. The number of carbonyl (C=O) groups is 1. The van der Waals surface area contributed by atoms with Crippen molar-refractivity contribution in [2.24, 2.45) is 0 Å². The molecule has 0 aliphatic carbocycles. The zero-order chi connectivity index (χ0) is 15.1. The van der Waals surface area contributed by atoms with E-state index in [4.69, 9.17) is 4.74 Å². The fourth-order valence-electron chi connectivity index (χ4n) is 2.95. The van der Waals surface area contributed by atoms with Gasteiger partial charge in [0.2, 0.25) is 5.79 Å². The molecule has 0 amide bonds. The average Bonchev–Trinajstić information content (AvgIpc) is 2.74. The van der Waals surface area contributed by atoms with E-state index < -0.39 is 11.8 Å². The number of aliphatic hydroxyl groups is 1. The molecule has 0 unspecified atom stereocenters. The van der Waals surface area contributed by atoms with Gasteiger partial charge in [-0.05, 0) is 12.5 Å². The van der Waals surface area contributed by atoms with Gasteiger partial charge in [0.05, 0.1) is 5.56 Å². The molecule has 0 aromatic heterocycles. The van der Waals surface area contributed by atoms with Crippen LogP contribution in [0.15, 0.2) is 24.3 Å². The van der Waals surface area contributed by atoms with Gasteiger partial charge >= 0.3 is 5.97 Å². The van der Waals surface area contributed by atoms with Crippen LogP contribution in [0.5, 0.6) is 0 Å². The summed E-state index contributed by atoms with van der Waals surface area (Å²) in [7, 11) is 0. The predicted molar refractivity (Wildman–Crippen MR) is 83.0 cm³/mol. The van der Waals surface area contributed by atoms with Gasteiger partial charge in [-0.15, -0.1) is 0 Å². The highest BCUT2D eigenvalue weighted by atomic mass is 16.7. The van der Waals surface area contributed by atoms with E-state index >= 15 is 0 Å². The van der Waals surface area contributed by atoms with Gasteiger partial charge in [-0.25, -0.2) is 4.79 Å². The minimum absolute atomic E-state index is 0.410. The summed E-state index contributed by atoms with van der Waals surface area (Å²) in [6, 6.07) is 7.12. The topological polar surface area (TPSA) is 46.5 Å². The summed E-state index contributed by atoms with van der Waals surface area (Å²) in [5.74, 6) is -1.82. The molecule has 21 heavy (non-hydrogen) atoms. The number of unbranched alkanes of at least 4 members (excludes halogenated alkanes) is 7. The van der Waals surface area contributed by atoms with Crippen molar-refractivity contribution in [3.05, 3.63) is 35.4 Å². The molecule has 1 aromatic carbocycles. The smallest absolute Gasteiger partial charge is 0.341 e. The normalized spacial score (nSPS) is 20.4. The highest BCUT2D eigenvalue weighted by molar-refractivity contribution is 5.94. The van der Waals surface area contributed by atoms with Crippen LogP contribution in [0.4, 0.5) is 0 Å². The molecule has 0 radical (unpaired) electrons. The molecule has 1 aliphatic heterocycles. The molecule has 1 N–H and O–H groups in total. The highest BCUT2D eigenvalue weighted by Gasteiger charge is 2.43. The molecule has 0 spiro atoms. The van der Waals surface area contributed by atoms with E-state index in [-0.39, 0.29) is 0 Å². The van der Waals surface area contributed by atoms with Crippen LogP contribution in [0.25, 0.3) is 0 Å². The van der Waals surface area contributed by atoms with Crippen LogP contribution in [-0.2, 0) is 10.5 Å². The van der Waals surface area contributed by atoms with E-state index in [2.05, 4.69) is 6.92 Å². The number of carbonyl (C=O) groups excluding carboxylic acids is 1. The monoisotopic (exact) mass is 290 g/mol. The minimum atomic E-state index is -1.41. The lowest BCUT2D eigenvalue weighted by molar-refractivity contribution is -0.168. The number of rotatable bonds is 9. The third kappa shape index (κ3) is 4.07. The number of cyclic esters (lactones) is 1. The first-order chi connectivity index (χ1) is 10.2. The van der Waals surface area contributed by atoms with Crippen LogP contribution in [0.2, 0.25) is 0 Å². The lowest BCUT2D eigenvalue weighted by atomic mass is 9.97. The summed E-state index contributed by atoms with van der Waals surface area (Å²) in [6.45, 7) is 2.22. The Morgan fingerprint density at radius 2 is 1.62 bits per heavy atom. The Morgan fingerprint density at radius 3 is 2.33 bits per heavy atom. The summed E-state index contributed by atoms with van der Waals surface area (Å²) in [5, 5.41) is 10.5. The summed E-state index contributed by atoms with van der Waals surface area (Å²) in [4.78, 5) is 11.7. The Hall–Kier alpha value is -1.35. The number of benzene rings is 1. The Kier molecular flexibility index (Phi) is 5.80. The third-order valence-corrected chi connectivity index (χ3v) is 4.20. The molecule has 1 atom stereocenters. The van der Waals surface area contributed by atoms with Crippen LogP contribution in [0.3, 0.4) is 0 Å². The molecule has 0 saturated carbocycles. The van der Waals surface area contributed by atoms with E-state index in [0.29, 0.717) is 17.5 Å².